The lowest BCUT2D eigenvalue weighted by molar-refractivity contribution is -0.344. The molecule has 0 radical (unpaired) electrons. The zero-order chi connectivity index (χ0) is 28.5. The highest BCUT2D eigenvalue weighted by molar-refractivity contribution is 7.80. The van der Waals surface area contributed by atoms with Gasteiger partial charge in [-0.15, -0.1) is 0 Å². The Hall–Kier alpha value is -1.71. The van der Waals surface area contributed by atoms with Crippen molar-refractivity contribution in [2.24, 2.45) is 5.11 Å². The summed E-state index contributed by atoms with van der Waals surface area (Å²) in [5, 5.41) is 57.2. The zero-order valence-electron chi connectivity index (χ0n) is 20.4. The van der Waals surface area contributed by atoms with Crippen LogP contribution in [0.15, 0.2) is 5.11 Å². The molecule has 0 aromatic carbocycles. The number of azide groups is 1. The molecule has 2 aliphatic heterocycles. The second kappa shape index (κ2) is 15.2. The number of nitrogens with zero attached hydrogens (tertiary/aromatic N) is 3. The van der Waals surface area contributed by atoms with Gasteiger partial charge < -0.3 is 49.8 Å². The van der Waals surface area contributed by atoms with Crippen molar-refractivity contribution in [3.63, 3.8) is 0 Å². The normalized spacial score (nSPS) is 35.9. The number of rotatable bonds is 14. The summed E-state index contributed by atoms with van der Waals surface area (Å²) < 4.78 is 57.1. The van der Waals surface area contributed by atoms with Crippen LogP contribution in [0, 0.1) is 0 Å². The number of aliphatic hydroxyl groups is 5. The first-order chi connectivity index (χ1) is 17.9. The van der Waals surface area contributed by atoms with Crippen molar-refractivity contribution in [1.29, 1.82) is 0 Å². The van der Waals surface area contributed by atoms with Crippen LogP contribution in [0.5, 0.6) is 0 Å². The van der Waals surface area contributed by atoms with E-state index in [1.165, 1.54) is 6.92 Å². The molecule has 0 aromatic rings. The number of hydrogen-bond acceptors (Lipinski definition) is 14. The Kier molecular flexibility index (Phi) is 13.0. The van der Waals surface area contributed by atoms with E-state index in [0.29, 0.717) is 25.8 Å². The van der Waals surface area contributed by atoms with Gasteiger partial charge in [0.15, 0.2) is 12.6 Å². The summed E-state index contributed by atoms with van der Waals surface area (Å²) in [5.74, 6) is -0.579. The minimum Gasteiger partial charge on any atom is -0.394 e. The molecule has 0 saturated carbocycles. The van der Waals surface area contributed by atoms with Crippen LogP contribution in [0.2, 0.25) is 0 Å². The topological polar surface area (TPSA) is 280 Å². The van der Waals surface area contributed by atoms with E-state index in [9.17, 15) is 38.7 Å². The van der Waals surface area contributed by atoms with Gasteiger partial charge in [-0.1, -0.05) is 11.5 Å². The van der Waals surface area contributed by atoms with Gasteiger partial charge in [0, 0.05) is 25.0 Å². The van der Waals surface area contributed by atoms with Crippen LogP contribution in [0.1, 0.15) is 26.2 Å². The fraction of sp³-hybridized carbons (Fsp3) is 0.947. The molecule has 2 saturated heterocycles. The van der Waals surface area contributed by atoms with Crippen molar-refractivity contribution in [2.75, 3.05) is 26.4 Å². The maximum Gasteiger partial charge on any atom is 0.397 e. The molecule has 220 valence electrons. The zero-order valence-corrected chi connectivity index (χ0v) is 21.2. The van der Waals surface area contributed by atoms with Gasteiger partial charge in [0.25, 0.3) is 0 Å². The maximum absolute atomic E-state index is 11.9. The first kappa shape index (κ1) is 32.5. The number of unbranched alkanes of at least 4 members (excludes halogenated alkanes) is 2. The fourth-order valence-electron chi connectivity index (χ4n) is 3.94. The van der Waals surface area contributed by atoms with E-state index < -0.39 is 90.9 Å². The highest BCUT2D eigenvalue weighted by atomic mass is 32.3. The summed E-state index contributed by atoms with van der Waals surface area (Å²) in [4.78, 5) is 14.6. The molecule has 0 aromatic heterocycles. The van der Waals surface area contributed by atoms with Gasteiger partial charge in [0.2, 0.25) is 5.91 Å². The van der Waals surface area contributed by atoms with Gasteiger partial charge in [-0.2, -0.15) is 8.42 Å². The fourth-order valence-corrected chi connectivity index (χ4v) is 4.25. The molecular weight excluding hydrogens is 540 g/mol. The number of carbonyl (C=O) groups excluding carboxylic acids is 1. The number of ether oxygens (including phenoxy) is 4. The Bertz CT molecular complexity index is 906. The van der Waals surface area contributed by atoms with Crippen molar-refractivity contribution in [3.05, 3.63) is 10.4 Å². The van der Waals surface area contributed by atoms with E-state index in [1.54, 1.807) is 0 Å². The average Bonchev–Trinajstić information content (AvgIpc) is 2.85. The smallest absolute Gasteiger partial charge is 0.394 e. The third-order valence-corrected chi connectivity index (χ3v) is 6.25. The van der Waals surface area contributed by atoms with Gasteiger partial charge in [-0.25, -0.2) is 4.18 Å². The van der Waals surface area contributed by atoms with E-state index in [1.807, 2.05) is 0 Å². The van der Waals surface area contributed by atoms with Gasteiger partial charge >= 0.3 is 10.4 Å². The van der Waals surface area contributed by atoms with E-state index in [2.05, 4.69) is 19.5 Å². The van der Waals surface area contributed by atoms with Crippen molar-refractivity contribution in [2.45, 2.75) is 87.5 Å². The number of aliphatic hydroxyl groups excluding tert-OH is 5. The molecule has 2 fully saturated rings. The van der Waals surface area contributed by atoms with Crippen molar-refractivity contribution in [1.82, 2.24) is 5.32 Å². The highest BCUT2D eigenvalue weighted by Crippen LogP contribution is 2.30. The maximum atomic E-state index is 11.9. The monoisotopic (exact) mass is 574 g/mol. The lowest BCUT2D eigenvalue weighted by atomic mass is 9.95. The number of amides is 1. The molecule has 38 heavy (non-hydrogen) atoms. The van der Waals surface area contributed by atoms with Crippen molar-refractivity contribution in [3.8, 4) is 0 Å². The molecule has 0 aliphatic carbocycles. The predicted octanol–water partition coefficient (Wildman–Crippen LogP) is -2.92. The van der Waals surface area contributed by atoms with Gasteiger partial charge in [0.05, 0.1) is 13.2 Å². The Balaban J connectivity index is 2.18. The molecule has 2 heterocycles. The summed E-state index contributed by atoms with van der Waals surface area (Å²) >= 11 is 0. The van der Waals surface area contributed by atoms with Crippen LogP contribution in [-0.2, 0) is 38.3 Å². The molecular formula is C19H34N4O14S. The molecule has 0 unspecified atom stereocenters. The second-order valence-corrected chi connectivity index (χ2v) is 9.75. The molecule has 2 rings (SSSR count). The van der Waals surface area contributed by atoms with E-state index in [0.717, 1.165) is 0 Å². The largest absolute Gasteiger partial charge is 0.397 e. The van der Waals surface area contributed by atoms with E-state index >= 15 is 0 Å². The average molecular weight is 575 g/mol. The third-order valence-electron chi connectivity index (χ3n) is 5.81. The molecule has 0 bridgehead atoms. The predicted molar refractivity (Wildman–Crippen MR) is 122 cm³/mol. The molecule has 1 amide bonds. The standard InChI is InChI=1S/C19H34N4O14S/c1-9(25)22-12-17(14(27)10(7-24)35-18(12)33-6-4-2-3-5-21-23-20)37-19-16(29)15(28)13(26)11(36-19)8-34-38(30,31)32/h10-19,24,26-29H,2-8H2,1H3,(H,22,25)(H,30,31,32)/t10-,11-,12-,13-,14+,15+,16-,17-,18-,19+/m1/s1. The molecule has 18 nitrogen and oxygen atoms in total. The van der Waals surface area contributed by atoms with Crippen LogP contribution in [-0.4, -0.2) is 132 Å². The minimum absolute atomic E-state index is 0.112. The quantitative estimate of drug-likeness (QED) is 0.0360. The molecule has 0 spiro atoms. The number of hydrogen-bond donors (Lipinski definition) is 7. The summed E-state index contributed by atoms with van der Waals surface area (Å²) in [6.07, 6.45) is -13.0. The first-order valence-corrected chi connectivity index (χ1v) is 13.1. The van der Waals surface area contributed by atoms with Crippen LogP contribution >= 0.6 is 0 Å². The summed E-state index contributed by atoms with van der Waals surface area (Å²) in [6.45, 7) is -0.0658. The lowest BCUT2D eigenvalue weighted by Crippen LogP contribution is -2.68. The second-order valence-electron chi connectivity index (χ2n) is 8.66. The number of nitrogens with one attached hydrogen (secondary N) is 1. The van der Waals surface area contributed by atoms with Crippen LogP contribution in [0.25, 0.3) is 10.4 Å². The Morgan fingerprint density at radius 1 is 1.03 bits per heavy atom. The lowest BCUT2D eigenvalue weighted by Gasteiger charge is -2.47. The molecule has 19 heteroatoms. The molecule has 10 atom stereocenters. The van der Waals surface area contributed by atoms with Gasteiger partial charge in [0.1, 0.15) is 48.8 Å². The summed E-state index contributed by atoms with van der Waals surface area (Å²) in [5.41, 5.74) is 8.31. The minimum atomic E-state index is -4.93. The Morgan fingerprint density at radius 2 is 1.71 bits per heavy atom. The Morgan fingerprint density at radius 3 is 2.32 bits per heavy atom. The molecule has 7 N–H and O–H groups in total. The van der Waals surface area contributed by atoms with Crippen LogP contribution in [0.3, 0.4) is 0 Å². The molecule has 2 aliphatic rings. The SMILES string of the molecule is CC(=O)N[C@H]1[C@H](OCCCCCN=[N+]=[N-])O[C@H](CO)[C@H](O)[C@@H]1O[C@@H]1O[C@H](COS(=O)(=O)O)[C@@H](O)[C@H](O)[C@H]1O. The van der Waals surface area contributed by atoms with Crippen molar-refractivity contribution >= 4 is 16.3 Å². The summed E-state index contributed by atoms with van der Waals surface area (Å²) in [7, 11) is -4.93. The summed E-state index contributed by atoms with van der Waals surface area (Å²) in [6, 6.07) is -1.22. The highest BCUT2D eigenvalue weighted by Gasteiger charge is 2.51. The Labute approximate surface area is 218 Å². The van der Waals surface area contributed by atoms with E-state index in [-0.39, 0.29) is 6.61 Å². The van der Waals surface area contributed by atoms with Gasteiger partial charge in [-0.05, 0) is 18.4 Å². The number of carbonyl (C=O) groups is 1. The van der Waals surface area contributed by atoms with E-state index in [4.69, 9.17) is 29.0 Å². The van der Waals surface area contributed by atoms with Gasteiger partial charge in [-0.3, -0.25) is 9.35 Å². The first-order valence-electron chi connectivity index (χ1n) is 11.7. The van der Waals surface area contributed by atoms with Crippen LogP contribution in [0.4, 0.5) is 0 Å². The van der Waals surface area contributed by atoms with Crippen LogP contribution < -0.4 is 5.32 Å². The third kappa shape index (κ3) is 9.49. The van der Waals surface area contributed by atoms with Crippen molar-refractivity contribution < 1.29 is 66.4 Å².